The lowest BCUT2D eigenvalue weighted by molar-refractivity contribution is -0.145. The first-order chi connectivity index (χ1) is 21.8. The molecule has 4 rings (SSSR count). The van der Waals surface area contributed by atoms with Gasteiger partial charge < -0.3 is 19.3 Å². The Balaban J connectivity index is 0.000000251. The van der Waals surface area contributed by atoms with Crippen LogP contribution in [0, 0.1) is 23.3 Å². The third-order valence-corrected chi connectivity index (χ3v) is 6.09. The molecule has 0 spiro atoms. The van der Waals surface area contributed by atoms with Crippen molar-refractivity contribution in [2.45, 2.75) is 6.92 Å². The number of halogens is 6. The lowest BCUT2D eigenvalue weighted by Crippen LogP contribution is -2.16. The highest BCUT2D eigenvalue weighted by Crippen LogP contribution is 2.27. The highest BCUT2D eigenvalue weighted by Gasteiger charge is 2.19. The zero-order valence-electron chi connectivity index (χ0n) is 23.6. The molecule has 46 heavy (non-hydrogen) atoms. The molecular formula is C32H22Cl2F4O8. The van der Waals surface area contributed by atoms with Gasteiger partial charge in [0.25, 0.3) is 0 Å². The molecular weight excluding hydrogens is 659 g/mol. The molecule has 4 aromatic carbocycles. The van der Waals surface area contributed by atoms with E-state index in [1.807, 2.05) is 0 Å². The van der Waals surface area contributed by atoms with Crippen LogP contribution in [-0.4, -0.2) is 48.4 Å². The molecule has 0 aromatic heterocycles. The number of aliphatic carboxylic acids is 1. The van der Waals surface area contributed by atoms with Gasteiger partial charge in [-0.25, -0.2) is 27.2 Å². The van der Waals surface area contributed by atoms with Gasteiger partial charge in [-0.1, -0.05) is 23.2 Å². The Morgan fingerprint density at radius 3 is 1.39 bits per heavy atom. The van der Waals surface area contributed by atoms with Gasteiger partial charge in [0.2, 0.25) is 0 Å². The van der Waals surface area contributed by atoms with E-state index in [0.29, 0.717) is 12.1 Å². The third-order valence-electron chi connectivity index (χ3n) is 5.62. The molecule has 0 amide bonds. The molecule has 0 aliphatic heterocycles. The molecule has 0 saturated heterocycles. The molecule has 0 heterocycles. The molecule has 14 heteroatoms. The smallest absolute Gasteiger partial charge is 0.344 e. The molecule has 0 radical (unpaired) electrons. The first kappa shape index (κ1) is 35.5. The van der Waals surface area contributed by atoms with E-state index in [-0.39, 0.29) is 50.4 Å². The average Bonchev–Trinajstić information content (AvgIpc) is 2.98. The van der Waals surface area contributed by atoms with Crippen LogP contribution in [0.3, 0.4) is 0 Å². The molecule has 0 unspecified atom stereocenters. The normalized spacial score (nSPS) is 10.3. The van der Waals surface area contributed by atoms with Crippen molar-refractivity contribution in [1.82, 2.24) is 0 Å². The maximum absolute atomic E-state index is 13.3. The fourth-order valence-electron chi connectivity index (χ4n) is 3.77. The fourth-order valence-corrected chi connectivity index (χ4v) is 4.11. The Hall–Kier alpha value is -4.94. The SMILES string of the molecule is CCOC(=O)COc1ccc(Cl)cc1C(=O)c1cc(F)cc(F)c1.O=C(O)COc1ccc(Cl)cc1C(=O)c1cc(F)cc(F)c1. The summed E-state index contributed by atoms with van der Waals surface area (Å²) in [6.07, 6.45) is 0. The van der Waals surface area contributed by atoms with Crippen molar-refractivity contribution in [2.24, 2.45) is 0 Å². The van der Waals surface area contributed by atoms with Gasteiger partial charge in [0.1, 0.15) is 34.8 Å². The Morgan fingerprint density at radius 2 is 1.02 bits per heavy atom. The molecule has 8 nitrogen and oxygen atoms in total. The van der Waals surface area contributed by atoms with E-state index in [2.05, 4.69) is 0 Å². The van der Waals surface area contributed by atoms with Crippen LogP contribution in [0.4, 0.5) is 17.6 Å². The number of carbonyl (C=O) groups excluding carboxylic acids is 3. The quantitative estimate of drug-likeness (QED) is 0.101. The van der Waals surface area contributed by atoms with Crippen LogP contribution in [0.15, 0.2) is 72.8 Å². The summed E-state index contributed by atoms with van der Waals surface area (Å²) >= 11 is 11.7. The highest BCUT2D eigenvalue weighted by molar-refractivity contribution is 6.31. The minimum Gasteiger partial charge on any atom is -0.481 e. The zero-order valence-corrected chi connectivity index (χ0v) is 25.1. The second-order valence-corrected chi connectivity index (χ2v) is 9.90. The van der Waals surface area contributed by atoms with Crippen molar-refractivity contribution in [3.63, 3.8) is 0 Å². The number of hydrogen-bond acceptors (Lipinski definition) is 7. The zero-order chi connectivity index (χ0) is 34.0. The van der Waals surface area contributed by atoms with Crippen molar-refractivity contribution in [3.8, 4) is 11.5 Å². The maximum atomic E-state index is 13.3. The number of carboxylic acid groups (broad SMARTS) is 1. The van der Waals surface area contributed by atoms with Crippen LogP contribution in [0.25, 0.3) is 0 Å². The van der Waals surface area contributed by atoms with Gasteiger partial charge in [-0.3, -0.25) is 9.59 Å². The summed E-state index contributed by atoms with van der Waals surface area (Å²) < 4.78 is 68.0. The minimum atomic E-state index is -1.23. The van der Waals surface area contributed by atoms with Crippen molar-refractivity contribution in [2.75, 3.05) is 19.8 Å². The van der Waals surface area contributed by atoms with Gasteiger partial charge in [0, 0.05) is 33.3 Å². The predicted molar refractivity (Wildman–Crippen MR) is 158 cm³/mol. The third kappa shape index (κ3) is 10.3. The Labute approximate surface area is 269 Å². The lowest BCUT2D eigenvalue weighted by atomic mass is 10.0. The highest BCUT2D eigenvalue weighted by atomic mass is 35.5. The van der Waals surface area contributed by atoms with E-state index in [1.54, 1.807) is 6.92 Å². The van der Waals surface area contributed by atoms with Gasteiger partial charge >= 0.3 is 11.9 Å². The summed E-state index contributed by atoms with van der Waals surface area (Å²) in [5, 5.41) is 9.05. The second-order valence-electron chi connectivity index (χ2n) is 9.03. The summed E-state index contributed by atoms with van der Waals surface area (Å²) in [5.74, 6) is -6.81. The Kier molecular flexibility index (Phi) is 12.7. The van der Waals surface area contributed by atoms with Crippen LogP contribution >= 0.6 is 23.2 Å². The maximum Gasteiger partial charge on any atom is 0.344 e. The van der Waals surface area contributed by atoms with Crippen molar-refractivity contribution in [3.05, 3.63) is 128 Å². The second kappa shape index (κ2) is 16.4. The van der Waals surface area contributed by atoms with Crippen molar-refractivity contribution in [1.29, 1.82) is 0 Å². The summed E-state index contributed by atoms with van der Waals surface area (Å²) in [6.45, 7) is 0.761. The largest absolute Gasteiger partial charge is 0.481 e. The van der Waals surface area contributed by atoms with Crippen molar-refractivity contribution < 1.29 is 56.1 Å². The van der Waals surface area contributed by atoms with E-state index in [0.717, 1.165) is 24.3 Å². The van der Waals surface area contributed by atoms with E-state index in [9.17, 15) is 36.7 Å². The number of rotatable bonds is 11. The van der Waals surface area contributed by atoms with Crippen LogP contribution in [0.5, 0.6) is 11.5 Å². The van der Waals surface area contributed by atoms with Crippen LogP contribution < -0.4 is 9.47 Å². The summed E-state index contributed by atoms with van der Waals surface area (Å²) in [5.41, 5.74) is -0.536. The first-order valence-electron chi connectivity index (χ1n) is 13.0. The number of carboxylic acids is 1. The van der Waals surface area contributed by atoms with Crippen LogP contribution in [-0.2, 0) is 14.3 Å². The lowest BCUT2D eigenvalue weighted by Gasteiger charge is -2.11. The number of benzene rings is 4. The van der Waals surface area contributed by atoms with Crippen LogP contribution in [0.2, 0.25) is 10.0 Å². The predicted octanol–water partition coefficient (Wildman–Crippen LogP) is 7.10. The fraction of sp³-hybridized carbons (Fsp3) is 0.125. The summed E-state index contributed by atoms with van der Waals surface area (Å²) in [6, 6.07) is 13.0. The number of hydrogen-bond donors (Lipinski definition) is 1. The van der Waals surface area contributed by atoms with Gasteiger partial charge in [0.05, 0.1) is 17.7 Å². The minimum absolute atomic E-state index is 0.0169. The van der Waals surface area contributed by atoms with Gasteiger partial charge in [-0.05, 0) is 67.6 Å². The molecule has 4 aromatic rings. The van der Waals surface area contributed by atoms with Crippen molar-refractivity contribution >= 4 is 46.7 Å². The van der Waals surface area contributed by atoms with E-state index >= 15 is 0 Å². The molecule has 0 aliphatic carbocycles. The topological polar surface area (TPSA) is 116 Å². The molecule has 240 valence electrons. The van der Waals surface area contributed by atoms with Gasteiger partial charge in [-0.15, -0.1) is 0 Å². The van der Waals surface area contributed by atoms with Crippen LogP contribution in [0.1, 0.15) is 38.8 Å². The van der Waals surface area contributed by atoms with E-state index in [4.69, 9.17) is 42.5 Å². The standard InChI is InChI=1S/C17H13ClF2O4.C15H9ClF2O4/c1-2-23-16(21)9-24-15-4-3-11(18)7-14(15)17(22)10-5-12(19)8-13(20)6-10;16-9-1-2-13(22-7-14(19)20)12(5-9)15(21)8-3-10(17)6-11(18)4-8/h3-8H,2,9H2,1H3;1-6H,7H2,(H,19,20). The molecule has 1 N–H and O–H groups in total. The molecule has 0 aliphatic rings. The number of carbonyl (C=O) groups is 4. The monoisotopic (exact) mass is 680 g/mol. The average molecular weight is 681 g/mol. The Morgan fingerprint density at radius 1 is 0.630 bits per heavy atom. The number of ketones is 2. The number of esters is 1. The van der Waals surface area contributed by atoms with E-state index < -0.39 is 60.0 Å². The first-order valence-corrected chi connectivity index (χ1v) is 13.8. The number of ether oxygens (including phenoxy) is 3. The molecule has 0 atom stereocenters. The molecule has 0 fully saturated rings. The van der Waals surface area contributed by atoms with Gasteiger partial charge in [0.15, 0.2) is 24.8 Å². The van der Waals surface area contributed by atoms with Gasteiger partial charge in [-0.2, -0.15) is 0 Å². The molecule has 0 saturated carbocycles. The summed E-state index contributed by atoms with van der Waals surface area (Å²) in [4.78, 5) is 46.8. The molecule has 0 bridgehead atoms. The van der Waals surface area contributed by atoms with E-state index in [1.165, 1.54) is 36.4 Å². The summed E-state index contributed by atoms with van der Waals surface area (Å²) in [7, 11) is 0. The Bertz CT molecular complexity index is 1740.